The Morgan fingerprint density at radius 3 is 2.66 bits per heavy atom. The number of nitrogens with zero attached hydrogens (tertiary/aromatic N) is 3. The molecule has 0 spiro atoms. The molecule has 2 aromatic rings. The summed E-state index contributed by atoms with van der Waals surface area (Å²) in [5.41, 5.74) is 1.78. The first kappa shape index (κ1) is 21.1. The number of hydrogen-bond donors (Lipinski definition) is 0. The maximum Gasteiger partial charge on any atom is 0.422 e. The number of rotatable bonds is 3. The fourth-order valence-corrected chi connectivity index (χ4v) is 3.74. The Kier molecular flexibility index (Phi) is 5.86. The maximum atomic E-state index is 12.6. The molecule has 158 valence electrons. The number of benzene rings is 1. The molecule has 0 bridgehead atoms. The largest absolute Gasteiger partial charge is 0.449 e. The van der Waals surface area contributed by atoms with Crippen molar-refractivity contribution in [1.29, 1.82) is 0 Å². The van der Waals surface area contributed by atoms with Crippen molar-refractivity contribution >= 4 is 22.8 Å². The van der Waals surface area contributed by atoms with Gasteiger partial charge in [0.05, 0.1) is 17.8 Å². The Balaban J connectivity index is 1.85. The van der Waals surface area contributed by atoms with Crippen molar-refractivity contribution in [2.24, 2.45) is 5.92 Å². The summed E-state index contributed by atoms with van der Waals surface area (Å²) in [6.07, 6.45) is -1.47. The van der Waals surface area contributed by atoms with E-state index in [0.717, 1.165) is 22.9 Å². The van der Waals surface area contributed by atoms with Crippen molar-refractivity contribution in [2.45, 2.75) is 51.9 Å². The topological polar surface area (TPSA) is 64.4 Å². The van der Waals surface area contributed by atoms with E-state index in [4.69, 9.17) is 0 Å². The van der Waals surface area contributed by atoms with E-state index in [2.05, 4.69) is 9.84 Å². The van der Waals surface area contributed by atoms with Crippen LogP contribution in [-0.2, 0) is 14.3 Å². The van der Waals surface area contributed by atoms with Gasteiger partial charge in [-0.05, 0) is 50.3 Å². The molecule has 2 atom stereocenters. The van der Waals surface area contributed by atoms with Gasteiger partial charge < -0.3 is 9.64 Å². The molecular weight excluding hydrogens is 387 g/mol. The van der Waals surface area contributed by atoms with Crippen molar-refractivity contribution in [3.8, 4) is 0 Å². The number of ether oxygens (including phenoxy) is 1. The molecular formula is C20H24F3N3O3. The second-order valence-corrected chi connectivity index (χ2v) is 7.85. The zero-order valence-corrected chi connectivity index (χ0v) is 16.6. The smallest absolute Gasteiger partial charge is 0.422 e. The van der Waals surface area contributed by atoms with E-state index in [0.29, 0.717) is 6.42 Å². The highest BCUT2D eigenvalue weighted by Crippen LogP contribution is 2.35. The van der Waals surface area contributed by atoms with Crippen LogP contribution in [0.25, 0.3) is 10.9 Å². The lowest BCUT2D eigenvalue weighted by Gasteiger charge is -2.38. The van der Waals surface area contributed by atoms with Crippen LogP contribution >= 0.6 is 0 Å². The molecule has 1 amide bonds. The minimum absolute atomic E-state index is 0.137. The lowest BCUT2D eigenvalue weighted by molar-refractivity contribution is -0.190. The number of piperidine rings is 1. The molecule has 9 heteroatoms. The Bertz CT molecular complexity index is 907. The summed E-state index contributed by atoms with van der Waals surface area (Å²) in [5, 5.41) is 5.28. The van der Waals surface area contributed by atoms with Crippen LogP contribution in [0.3, 0.4) is 0 Å². The minimum Gasteiger partial charge on any atom is -0.449 e. The summed E-state index contributed by atoms with van der Waals surface area (Å²) in [6.45, 7) is 4.50. The van der Waals surface area contributed by atoms with Crippen molar-refractivity contribution in [3.05, 3.63) is 30.0 Å². The van der Waals surface area contributed by atoms with E-state index in [-0.39, 0.29) is 18.5 Å². The third-order valence-corrected chi connectivity index (χ3v) is 5.11. The van der Waals surface area contributed by atoms with Crippen LogP contribution in [0.1, 0.15) is 51.3 Å². The van der Waals surface area contributed by atoms with E-state index >= 15 is 0 Å². The third kappa shape index (κ3) is 4.71. The number of carbonyl (C=O) groups is 2. The van der Waals surface area contributed by atoms with Gasteiger partial charge in [-0.2, -0.15) is 18.3 Å². The number of aromatic nitrogens is 2. The molecule has 1 aliphatic heterocycles. The van der Waals surface area contributed by atoms with Gasteiger partial charge in [0.25, 0.3) is 0 Å². The molecule has 29 heavy (non-hydrogen) atoms. The van der Waals surface area contributed by atoms with Gasteiger partial charge in [-0.1, -0.05) is 13.0 Å². The number of fused-ring (bicyclic) bond motifs is 1. The van der Waals surface area contributed by atoms with Gasteiger partial charge in [0.2, 0.25) is 0 Å². The monoisotopic (exact) mass is 411 g/mol. The fourth-order valence-electron chi connectivity index (χ4n) is 3.74. The molecule has 6 nitrogen and oxygen atoms in total. The van der Waals surface area contributed by atoms with E-state index in [1.54, 1.807) is 6.20 Å². The van der Waals surface area contributed by atoms with Crippen LogP contribution < -0.4 is 0 Å². The third-order valence-electron chi connectivity index (χ3n) is 5.11. The Labute approximate surface area is 166 Å². The van der Waals surface area contributed by atoms with Gasteiger partial charge in [0, 0.05) is 18.0 Å². The van der Waals surface area contributed by atoms with Gasteiger partial charge in [-0.15, -0.1) is 0 Å². The number of likely N-dealkylation sites (tertiary alicyclic amines) is 1. The lowest BCUT2D eigenvalue weighted by Crippen LogP contribution is -2.45. The number of hydrogen-bond acceptors (Lipinski definition) is 4. The van der Waals surface area contributed by atoms with Crippen molar-refractivity contribution in [1.82, 2.24) is 14.7 Å². The Morgan fingerprint density at radius 1 is 1.28 bits per heavy atom. The van der Waals surface area contributed by atoms with Crippen molar-refractivity contribution in [3.63, 3.8) is 0 Å². The zero-order chi connectivity index (χ0) is 21.3. The van der Waals surface area contributed by atoms with E-state index in [1.165, 1.54) is 4.90 Å². The van der Waals surface area contributed by atoms with Crippen LogP contribution in [0.15, 0.2) is 24.4 Å². The summed E-state index contributed by atoms with van der Waals surface area (Å²) >= 11 is 0. The number of esters is 1. The summed E-state index contributed by atoms with van der Waals surface area (Å²) in [7, 11) is 0. The first-order chi connectivity index (χ1) is 13.6. The van der Waals surface area contributed by atoms with Crippen LogP contribution in [0.5, 0.6) is 0 Å². The molecule has 0 N–H and O–H groups in total. The molecule has 1 aliphatic rings. The van der Waals surface area contributed by atoms with Gasteiger partial charge in [-0.3, -0.25) is 9.48 Å². The molecule has 0 aliphatic carbocycles. The number of halogens is 3. The average Bonchev–Trinajstić information content (AvgIpc) is 3.08. The second-order valence-electron chi connectivity index (χ2n) is 7.85. The molecule has 1 fully saturated rings. The van der Waals surface area contributed by atoms with E-state index in [1.807, 2.05) is 43.7 Å². The number of carbonyl (C=O) groups excluding carboxylic acids is 2. The highest BCUT2D eigenvalue weighted by molar-refractivity contribution is 6.32. The first-order valence-electron chi connectivity index (χ1n) is 9.58. The van der Waals surface area contributed by atoms with Gasteiger partial charge in [0.1, 0.15) is 0 Å². The number of alkyl halides is 3. The highest BCUT2D eigenvalue weighted by atomic mass is 19.4. The van der Waals surface area contributed by atoms with Crippen LogP contribution in [0.4, 0.5) is 13.2 Å². The standard InChI is InChI=1S/C20H24F3N3O3/c1-12(2)26-17-7-5-14(8-15(17)9-24-26)16-6-4-13(3)10-25(16)18(27)19(28)29-11-20(21,22)23/h5,7-9,12-13,16H,4,6,10-11H2,1-3H3. The molecule has 1 aromatic heterocycles. The summed E-state index contributed by atoms with van der Waals surface area (Å²) < 4.78 is 43.0. The van der Waals surface area contributed by atoms with Crippen LogP contribution in [0.2, 0.25) is 0 Å². The summed E-state index contributed by atoms with van der Waals surface area (Å²) in [5.74, 6) is -2.38. The van der Waals surface area contributed by atoms with Gasteiger partial charge in [0.15, 0.2) is 6.61 Å². The zero-order valence-electron chi connectivity index (χ0n) is 16.6. The van der Waals surface area contributed by atoms with Crippen LogP contribution in [0, 0.1) is 5.92 Å². The molecule has 1 saturated heterocycles. The minimum atomic E-state index is -4.67. The van der Waals surface area contributed by atoms with E-state index in [9.17, 15) is 22.8 Å². The quantitative estimate of drug-likeness (QED) is 0.565. The second kappa shape index (κ2) is 8.04. The fraction of sp³-hybridized carbons (Fsp3) is 0.550. The molecule has 0 radical (unpaired) electrons. The normalized spacial score (nSPS) is 20.3. The summed E-state index contributed by atoms with van der Waals surface area (Å²) in [6, 6.07) is 5.51. The van der Waals surface area contributed by atoms with Gasteiger partial charge in [-0.25, -0.2) is 4.79 Å². The molecule has 2 heterocycles. The van der Waals surface area contributed by atoms with E-state index < -0.39 is 30.7 Å². The Hall–Kier alpha value is -2.58. The first-order valence-corrected chi connectivity index (χ1v) is 9.58. The molecule has 0 saturated carbocycles. The predicted octanol–water partition coefficient (Wildman–Crippen LogP) is 4.02. The Morgan fingerprint density at radius 2 is 2.00 bits per heavy atom. The average molecular weight is 411 g/mol. The maximum absolute atomic E-state index is 12.6. The van der Waals surface area contributed by atoms with Gasteiger partial charge >= 0.3 is 18.1 Å². The molecule has 1 aromatic carbocycles. The lowest BCUT2D eigenvalue weighted by atomic mass is 9.89. The van der Waals surface area contributed by atoms with Crippen LogP contribution in [-0.4, -0.2) is 45.9 Å². The van der Waals surface area contributed by atoms with Crippen molar-refractivity contribution < 1.29 is 27.5 Å². The highest BCUT2D eigenvalue weighted by Gasteiger charge is 2.37. The SMILES string of the molecule is CC1CCC(c2ccc3c(cnn3C(C)C)c2)N(C(=O)C(=O)OCC(F)(F)F)C1. The summed E-state index contributed by atoms with van der Waals surface area (Å²) in [4.78, 5) is 25.8. The number of amides is 1. The molecule has 3 rings (SSSR count). The predicted molar refractivity (Wildman–Crippen MR) is 100.0 cm³/mol. The van der Waals surface area contributed by atoms with Crippen molar-refractivity contribution in [2.75, 3.05) is 13.2 Å². The molecule has 2 unspecified atom stereocenters.